The molecule has 0 aromatic carbocycles. The fourth-order valence-electron chi connectivity index (χ4n) is 3.12. The van der Waals surface area contributed by atoms with Crippen LogP contribution < -0.4 is 5.32 Å². The van der Waals surface area contributed by atoms with Gasteiger partial charge in [0.1, 0.15) is 6.54 Å². The van der Waals surface area contributed by atoms with Crippen LogP contribution in [-0.4, -0.2) is 25.5 Å². The first-order valence-corrected chi connectivity index (χ1v) is 9.16. The topological polar surface area (TPSA) is 64.7 Å². The Morgan fingerprint density at radius 3 is 2.59 bits per heavy atom. The van der Waals surface area contributed by atoms with E-state index in [0.29, 0.717) is 12.2 Å². The van der Waals surface area contributed by atoms with Gasteiger partial charge in [-0.05, 0) is 33.6 Å². The molecule has 1 amide bonds. The van der Waals surface area contributed by atoms with E-state index >= 15 is 0 Å². The molecule has 2 aromatic heterocycles. The molecule has 0 saturated heterocycles. The summed E-state index contributed by atoms with van der Waals surface area (Å²) in [4.78, 5) is 12.4. The Balaban J connectivity index is 1.77. The van der Waals surface area contributed by atoms with Gasteiger partial charge in [0.15, 0.2) is 5.69 Å². The van der Waals surface area contributed by atoms with Crippen molar-refractivity contribution in [1.29, 1.82) is 0 Å². The minimum Gasteiger partial charge on any atom is -0.348 e. The zero-order chi connectivity index (χ0) is 19.9. The van der Waals surface area contributed by atoms with Crippen LogP contribution >= 0.6 is 11.6 Å². The van der Waals surface area contributed by atoms with Gasteiger partial charge in [0, 0.05) is 24.2 Å². The molecule has 1 aliphatic carbocycles. The Morgan fingerprint density at radius 2 is 2.07 bits per heavy atom. The van der Waals surface area contributed by atoms with Crippen LogP contribution in [0.4, 0.5) is 13.2 Å². The lowest BCUT2D eigenvalue weighted by Gasteiger charge is -2.14. The Morgan fingerprint density at radius 1 is 1.41 bits per heavy atom. The van der Waals surface area contributed by atoms with E-state index in [1.54, 1.807) is 11.6 Å². The van der Waals surface area contributed by atoms with E-state index < -0.39 is 22.8 Å². The molecule has 2 aromatic rings. The molecule has 10 heteroatoms. The van der Waals surface area contributed by atoms with E-state index in [2.05, 4.69) is 15.5 Å². The van der Waals surface area contributed by atoms with Crippen molar-refractivity contribution in [2.45, 2.75) is 64.8 Å². The van der Waals surface area contributed by atoms with Gasteiger partial charge in [-0.25, -0.2) is 0 Å². The molecule has 1 aliphatic rings. The van der Waals surface area contributed by atoms with Gasteiger partial charge < -0.3 is 5.32 Å². The number of hydrogen-bond acceptors (Lipinski definition) is 3. The molecule has 1 unspecified atom stereocenters. The van der Waals surface area contributed by atoms with Crippen LogP contribution in [-0.2, 0) is 24.1 Å². The molecule has 2 heterocycles. The fraction of sp³-hybridized carbons (Fsp3) is 0.588. The predicted molar refractivity (Wildman–Crippen MR) is 93.4 cm³/mol. The lowest BCUT2D eigenvalue weighted by Crippen LogP contribution is -2.31. The maximum absolute atomic E-state index is 13.1. The smallest absolute Gasteiger partial charge is 0.348 e. The first-order chi connectivity index (χ1) is 12.6. The highest BCUT2D eigenvalue weighted by atomic mass is 35.5. The number of carbonyl (C=O) groups is 1. The van der Waals surface area contributed by atoms with Crippen molar-refractivity contribution in [2.75, 3.05) is 0 Å². The highest BCUT2D eigenvalue weighted by Gasteiger charge is 2.42. The summed E-state index contributed by atoms with van der Waals surface area (Å²) in [5.74, 6) is -0.503. The average Bonchev–Trinajstić information content (AvgIpc) is 3.23. The molecule has 1 atom stereocenters. The number of aryl methyl sites for hydroxylation is 2. The Labute approximate surface area is 159 Å². The van der Waals surface area contributed by atoms with Crippen LogP contribution in [0, 0.1) is 6.92 Å². The van der Waals surface area contributed by atoms with Gasteiger partial charge in [0.05, 0.1) is 22.5 Å². The summed E-state index contributed by atoms with van der Waals surface area (Å²) in [6.07, 6.45) is -1.31. The summed E-state index contributed by atoms with van der Waals surface area (Å²) in [6, 6.07) is -0.324. The lowest BCUT2D eigenvalue weighted by atomic mass is 10.1. The molecular formula is C17H21ClF3N5O. The van der Waals surface area contributed by atoms with Crippen LogP contribution in [0.5, 0.6) is 0 Å². The van der Waals surface area contributed by atoms with Gasteiger partial charge in [-0.3, -0.25) is 14.2 Å². The second kappa shape index (κ2) is 7.18. The van der Waals surface area contributed by atoms with Gasteiger partial charge >= 0.3 is 6.18 Å². The molecule has 3 rings (SSSR count). The first kappa shape index (κ1) is 19.7. The summed E-state index contributed by atoms with van der Waals surface area (Å²) in [6.45, 7) is 6.00. The number of amides is 1. The molecular weight excluding hydrogens is 383 g/mol. The Bertz CT molecular complexity index is 854. The Kier molecular flexibility index (Phi) is 5.24. The quantitative estimate of drug-likeness (QED) is 0.797. The summed E-state index contributed by atoms with van der Waals surface area (Å²) >= 11 is 5.93. The van der Waals surface area contributed by atoms with E-state index in [-0.39, 0.29) is 18.5 Å². The highest BCUT2D eigenvalue weighted by molar-refractivity contribution is 6.32. The highest BCUT2D eigenvalue weighted by Crippen LogP contribution is 2.46. The van der Waals surface area contributed by atoms with Crippen LogP contribution in [0.3, 0.4) is 0 Å². The molecule has 1 saturated carbocycles. The zero-order valence-electron chi connectivity index (χ0n) is 15.3. The van der Waals surface area contributed by atoms with Gasteiger partial charge in [-0.15, -0.1) is 0 Å². The van der Waals surface area contributed by atoms with Crippen LogP contribution in [0.1, 0.15) is 61.3 Å². The standard InChI is InChI=1S/C17H21ClF3N5O/c1-4-25-7-12(10(3)23-25)9(2)22-13(27)8-26-15(11-5-6-11)14(18)16(24-26)17(19,20)21/h7,9,11H,4-6,8H2,1-3H3,(H,22,27). The molecule has 1 N–H and O–H groups in total. The third-order valence-corrected chi connectivity index (χ3v) is 4.98. The number of alkyl halides is 3. The van der Waals surface area contributed by atoms with E-state index in [1.807, 2.05) is 20.0 Å². The van der Waals surface area contributed by atoms with Gasteiger partial charge in [0.2, 0.25) is 5.91 Å². The largest absolute Gasteiger partial charge is 0.436 e. The molecule has 6 nitrogen and oxygen atoms in total. The van der Waals surface area contributed by atoms with E-state index in [1.165, 1.54) is 0 Å². The third-order valence-electron chi connectivity index (χ3n) is 4.61. The molecule has 1 fully saturated rings. The van der Waals surface area contributed by atoms with Crippen molar-refractivity contribution in [3.63, 3.8) is 0 Å². The molecule has 0 spiro atoms. The van der Waals surface area contributed by atoms with Crippen molar-refractivity contribution >= 4 is 17.5 Å². The van der Waals surface area contributed by atoms with Crippen LogP contribution in [0.25, 0.3) is 0 Å². The number of carbonyl (C=O) groups excluding carboxylic acids is 1. The van der Waals surface area contributed by atoms with Crippen molar-refractivity contribution < 1.29 is 18.0 Å². The fourth-order valence-corrected chi connectivity index (χ4v) is 3.52. The van der Waals surface area contributed by atoms with Crippen molar-refractivity contribution in [2.24, 2.45) is 0 Å². The van der Waals surface area contributed by atoms with E-state index in [0.717, 1.165) is 28.8 Å². The summed E-state index contributed by atoms with van der Waals surface area (Å²) in [5, 5.41) is 10.3. The maximum Gasteiger partial charge on any atom is 0.436 e. The predicted octanol–water partition coefficient (Wildman–Crippen LogP) is 3.83. The molecule has 148 valence electrons. The van der Waals surface area contributed by atoms with E-state index in [4.69, 9.17) is 11.6 Å². The second-order valence-electron chi connectivity index (χ2n) is 6.79. The monoisotopic (exact) mass is 403 g/mol. The third kappa shape index (κ3) is 4.12. The van der Waals surface area contributed by atoms with E-state index in [9.17, 15) is 18.0 Å². The lowest BCUT2D eigenvalue weighted by molar-refractivity contribution is -0.141. The van der Waals surface area contributed by atoms with Crippen molar-refractivity contribution in [1.82, 2.24) is 24.9 Å². The number of nitrogens with zero attached hydrogens (tertiary/aromatic N) is 4. The first-order valence-electron chi connectivity index (χ1n) is 8.78. The normalized spacial score (nSPS) is 15.8. The molecule has 0 aliphatic heterocycles. The van der Waals surface area contributed by atoms with Gasteiger partial charge in [-0.1, -0.05) is 11.6 Å². The summed E-state index contributed by atoms with van der Waals surface area (Å²) in [5.41, 5.74) is 0.820. The summed E-state index contributed by atoms with van der Waals surface area (Å²) < 4.78 is 42.2. The number of nitrogens with one attached hydrogen (secondary N) is 1. The van der Waals surface area contributed by atoms with Crippen molar-refractivity contribution in [3.05, 3.63) is 33.9 Å². The Hall–Kier alpha value is -2.03. The van der Waals surface area contributed by atoms with Crippen LogP contribution in [0.2, 0.25) is 5.02 Å². The molecule has 27 heavy (non-hydrogen) atoms. The number of halogens is 4. The number of hydrogen-bond donors (Lipinski definition) is 1. The SMILES string of the molecule is CCn1cc(C(C)NC(=O)Cn2nc(C(F)(F)F)c(Cl)c2C2CC2)c(C)n1. The minimum absolute atomic E-state index is 0.0728. The zero-order valence-corrected chi connectivity index (χ0v) is 16.0. The molecule has 0 bridgehead atoms. The maximum atomic E-state index is 13.1. The second-order valence-corrected chi connectivity index (χ2v) is 7.17. The minimum atomic E-state index is -4.65. The number of aromatic nitrogens is 4. The summed E-state index contributed by atoms with van der Waals surface area (Å²) in [7, 11) is 0. The number of rotatable bonds is 6. The van der Waals surface area contributed by atoms with Crippen molar-refractivity contribution in [3.8, 4) is 0 Å². The molecule has 0 radical (unpaired) electrons. The van der Waals surface area contributed by atoms with Gasteiger partial charge in [0.25, 0.3) is 0 Å². The van der Waals surface area contributed by atoms with Crippen LogP contribution in [0.15, 0.2) is 6.20 Å². The average molecular weight is 404 g/mol. The van der Waals surface area contributed by atoms with Gasteiger partial charge in [-0.2, -0.15) is 23.4 Å².